The van der Waals surface area contributed by atoms with E-state index in [-0.39, 0.29) is 0 Å². The summed E-state index contributed by atoms with van der Waals surface area (Å²) in [7, 11) is 0. The van der Waals surface area contributed by atoms with E-state index < -0.39 is 11.9 Å². The first-order valence-electron chi connectivity index (χ1n) is 5.67. The first kappa shape index (κ1) is 12.9. The molecule has 4 nitrogen and oxygen atoms in total. The van der Waals surface area contributed by atoms with Crippen LogP contribution in [0, 0.1) is 0 Å². The van der Waals surface area contributed by atoms with Gasteiger partial charge in [-0.05, 0) is 24.6 Å². The maximum absolute atomic E-state index is 10.9. The van der Waals surface area contributed by atoms with Crippen molar-refractivity contribution in [1.82, 2.24) is 0 Å². The summed E-state index contributed by atoms with van der Waals surface area (Å²) >= 11 is 6.17. The molecule has 18 heavy (non-hydrogen) atoms. The van der Waals surface area contributed by atoms with Crippen molar-refractivity contribution in [3.05, 3.63) is 40.9 Å². The van der Waals surface area contributed by atoms with Crippen molar-refractivity contribution in [2.24, 2.45) is 0 Å². The summed E-state index contributed by atoms with van der Waals surface area (Å²) in [5.74, 6) is -1.44. The van der Waals surface area contributed by atoms with Gasteiger partial charge in [0.2, 0.25) is 0 Å². The van der Waals surface area contributed by atoms with Crippen LogP contribution in [-0.4, -0.2) is 24.2 Å². The van der Waals surface area contributed by atoms with E-state index in [1.165, 1.54) is 0 Å². The second-order valence-corrected chi connectivity index (χ2v) is 4.51. The van der Waals surface area contributed by atoms with Crippen LogP contribution in [0.1, 0.15) is 18.4 Å². The molecule has 0 amide bonds. The van der Waals surface area contributed by atoms with Crippen molar-refractivity contribution in [2.75, 3.05) is 18.2 Å². The summed E-state index contributed by atoms with van der Waals surface area (Å²) in [5.41, 5.74) is 1.44. The van der Waals surface area contributed by atoms with Crippen LogP contribution < -0.4 is 5.06 Å². The number of carboxylic acid groups (broad SMARTS) is 1. The van der Waals surface area contributed by atoms with Crippen molar-refractivity contribution in [3.8, 4) is 0 Å². The van der Waals surface area contributed by atoms with Gasteiger partial charge in [-0.1, -0.05) is 29.8 Å². The smallest absolute Gasteiger partial charge is 0.310 e. The monoisotopic (exact) mass is 267 g/mol. The van der Waals surface area contributed by atoms with Gasteiger partial charge in [0.1, 0.15) is 0 Å². The Kier molecular flexibility index (Phi) is 3.89. The van der Waals surface area contributed by atoms with E-state index in [4.69, 9.17) is 21.5 Å². The van der Waals surface area contributed by atoms with Crippen LogP contribution in [0.15, 0.2) is 30.4 Å². The second kappa shape index (κ2) is 5.42. The lowest BCUT2D eigenvalue weighted by Gasteiger charge is -2.26. The molecule has 1 aromatic rings. The van der Waals surface area contributed by atoms with E-state index in [1.54, 1.807) is 30.2 Å². The number of aliphatic carboxylic acids is 1. The number of rotatable bonds is 3. The van der Waals surface area contributed by atoms with E-state index >= 15 is 0 Å². The minimum atomic E-state index is -0.865. The van der Waals surface area contributed by atoms with Gasteiger partial charge in [0.15, 0.2) is 0 Å². The Bertz CT molecular complexity index is 487. The van der Waals surface area contributed by atoms with E-state index in [2.05, 4.69) is 0 Å². The van der Waals surface area contributed by atoms with Gasteiger partial charge in [-0.2, -0.15) is 0 Å². The Morgan fingerprint density at radius 1 is 1.50 bits per heavy atom. The van der Waals surface area contributed by atoms with Crippen molar-refractivity contribution < 1.29 is 14.7 Å². The molecule has 0 spiro atoms. The van der Waals surface area contributed by atoms with Gasteiger partial charge in [-0.15, -0.1) is 0 Å². The third kappa shape index (κ3) is 2.66. The molecule has 0 fully saturated rings. The molecule has 1 heterocycles. The lowest BCUT2D eigenvalue weighted by Crippen LogP contribution is -2.27. The predicted octanol–water partition coefficient (Wildman–Crippen LogP) is 2.84. The fraction of sp³-hybridized carbons (Fsp3) is 0.308. The molecule has 1 unspecified atom stereocenters. The average Bonchev–Trinajstić information content (AvgIpc) is 2.38. The zero-order valence-corrected chi connectivity index (χ0v) is 10.7. The fourth-order valence-corrected chi connectivity index (χ4v) is 2.01. The molecule has 1 aromatic carbocycles. The van der Waals surface area contributed by atoms with Crippen LogP contribution >= 0.6 is 11.6 Å². The summed E-state index contributed by atoms with van der Waals surface area (Å²) in [6, 6.07) is 5.23. The van der Waals surface area contributed by atoms with Crippen LogP contribution in [0.2, 0.25) is 5.02 Å². The van der Waals surface area contributed by atoms with Crippen LogP contribution in [0.5, 0.6) is 0 Å². The second-order valence-electron chi connectivity index (χ2n) is 4.10. The third-order valence-electron chi connectivity index (χ3n) is 2.88. The number of anilines is 1. The average molecular weight is 268 g/mol. The van der Waals surface area contributed by atoms with E-state index in [1.807, 2.05) is 12.2 Å². The van der Waals surface area contributed by atoms with Gasteiger partial charge in [-0.25, -0.2) is 5.06 Å². The summed E-state index contributed by atoms with van der Waals surface area (Å²) in [6.45, 7) is 2.78. The van der Waals surface area contributed by atoms with Gasteiger partial charge in [0.25, 0.3) is 0 Å². The van der Waals surface area contributed by atoms with Gasteiger partial charge < -0.3 is 5.11 Å². The van der Waals surface area contributed by atoms with Crippen molar-refractivity contribution >= 4 is 23.3 Å². The summed E-state index contributed by atoms with van der Waals surface area (Å²) < 4.78 is 0. The first-order valence-corrected chi connectivity index (χ1v) is 6.05. The van der Waals surface area contributed by atoms with E-state index in [0.29, 0.717) is 23.7 Å². The number of benzene rings is 1. The molecule has 1 aliphatic heterocycles. The topological polar surface area (TPSA) is 49.8 Å². The molecule has 0 aliphatic carbocycles. The Morgan fingerprint density at radius 2 is 2.28 bits per heavy atom. The van der Waals surface area contributed by atoms with Crippen molar-refractivity contribution in [3.63, 3.8) is 0 Å². The molecule has 0 saturated carbocycles. The predicted molar refractivity (Wildman–Crippen MR) is 69.9 cm³/mol. The van der Waals surface area contributed by atoms with E-state index in [0.717, 1.165) is 5.69 Å². The molecule has 5 heteroatoms. The molecule has 96 valence electrons. The molecule has 0 radical (unpaired) electrons. The van der Waals surface area contributed by atoms with Crippen LogP contribution in [0.4, 0.5) is 5.69 Å². The lowest BCUT2D eigenvalue weighted by atomic mass is 10.0. The molecule has 0 saturated heterocycles. The quantitative estimate of drug-likeness (QED) is 0.856. The van der Waals surface area contributed by atoms with Crippen LogP contribution in [0.25, 0.3) is 0 Å². The first-order chi connectivity index (χ1) is 8.59. The maximum atomic E-state index is 10.9. The zero-order chi connectivity index (χ0) is 13.1. The highest BCUT2D eigenvalue weighted by Gasteiger charge is 2.17. The number of carbonyl (C=O) groups is 1. The number of carboxylic acids is 1. The third-order valence-corrected chi connectivity index (χ3v) is 3.18. The van der Waals surface area contributed by atoms with Gasteiger partial charge in [-0.3, -0.25) is 9.63 Å². The molecular formula is C13H14ClNO3. The Hall–Kier alpha value is -1.52. The van der Waals surface area contributed by atoms with Crippen LogP contribution in [0.3, 0.4) is 0 Å². The molecular weight excluding hydrogens is 254 g/mol. The number of hydrogen-bond acceptors (Lipinski definition) is 3. The number of nitrogens with zero attached hydrogens (tertiary/aromatic N) is 1. The normalized spacial score (nSPS) is 16.7. The number of halogens is 1. The summed E-state index contributed by atoms with van der Waals surface area (Å²) in [6.07, 6.45) is 3.93. The standard InChI is InChI=1S/C13H14ClNO3/c1-9(13(16)17)10-4-5-12(11(14)8-10)15-6-2-3-7-18-15/h2-5,8-9H,6-7H2,1H3,(H,16,17). The molecule has 1 atom stereocenters. The minimum absolute atomic E-state index is 0.496. The lowest BCUT2D eigenvalue weighted by molar-refractivity contribution is -0.138. The molecule has 0 bridgehead atoms. The molecule has 1 aliphatic rings. The maximum Gasteiger partial charge on any atom is 0.310 e. The molecule has 2 rings (SSSR count). The molecule has 1 N–H and O–H groups in total. The number of hydroxylamine groups is 1. The van der Waals surface area contributed by atoms with Gasteiger partial charge in [0.05, 0.1) is 29.8 Å². The Balaban J connectivity index is 2.24. The fourth-order valence-electron chi connectivity index (χ4n) is 1.73. The largest absolute Gasteiger partial charge is 0.481 e. The van der Waals surface area contributed by atoms with Gasteiger partial charge in [0, 0.05) is 0 Å². The van der Waals surface area contributed by atoms with Gasteiger partial charge >= 0.3 is 5.97 Å². The highest BCUT2D eigenvalue weighted by Crippen LogP contribution is 2.30. The zero-order valence-electron chi connectivity index (χ0n) is 9.97. The highest BCUT2D eigenvalue weighted by atomic mass is 35.5. The van der Waals surface area contributed by atoms with Crippen molar-refractivity contribution in [2.45, 2.75) is 12.8 Å². The summed E-state index contributed by atoms with van der Waals surface area (Å²) in [4.78, 5) is 16.3. The highest BCUT2D eigenvalue weighted by molar-refractivity contribution is 6.33. The SMILES string of the molecule is CC(C(=O)O)c1ccc(N2CC=CCO2)c(Cl)c1. The Morgan fingerprint density at radius 3 is 2.83 bits per heavy atom. The van der Waals surface area contributed by atoms with Crippen molar-refractivity contribution in [1.29, 1.82) is 0 Å². The number of hydrogen-bond donors (Lipinski definition) is 1. The molecule has 0 aromatic heterocycles. The summed E-state index contributed by atoms with van der Waals surface area (Å²) in [5, 5.41) is 11.1. The van der Waals surface area contributed by atoms with E-state index in [9.17, 15) is 4.79 Å². The van der Waals surface area contributed by atoms with Crippen LogP contribution in [-0.2, 0) is 9.63 Å². The Labute approximate surface area is 110 Å². The minimum Gasteiger partial charge on any atom is -0.481 e.